The summed E-state index contributed by atoms with van der Waals surface area (Å²) in [4.78, 5) is 3.24. The first-order valence-electron chi connectivity index (χ1n) is 6.11. The molecule has 0 saturated carbocycles. The van der Waals surface area contributed by atoms with E-state index in [2.05, 4.69) is 42.5 Å². The smallest absolute Gasteiger partial charge is 0.171 e. The third-order valence-corrected chi connectivity index (χ3v) is 4.58. The summed E-state index contributed by atoms with van der Waals surface area (Å²) in [7, 11) is 0. The molecule has 1 aliphatic rings. The van der Waals surface area contributed by atoms with Crippen molar-refractivity contribution in [2.75, 3.05) is 4.90 Å². The zero-order valence-corrected chi connectivity index (χ0v) is 12.0. The van der Waals surface area contributed by atoms with E-state index < -0.39 is 0 Å². The number of benzene rings is 2. The lowest BCUT2D eigenvalue weighted by atomic mass is 10.1. The van der Waals surface area contributed by atoms with Gasteiger partial charge in [-0.05, 0) is 35.5 Å². The summed E-state index contributed by atoms with van der Waals surface area (Å²) < 4.78 is 0. The molecule has 0 fully saturated rings. The second kappa shape index (κ2) is 5.23. The first-order chi connectivity index (χ1) is 9.25. The Hall–Kier alpha value is -1.52. The summed E-state index contributed by atoms with van der Waals surface area (Å²) in [6.45, 7) is 0.739. The van der Waals surface area contributed by atoms with Crippen molar-refractivity contribution in [2.24, 2.45) is 5.73 Å². The third kappa shape index (κ3) is 2.46. The number of thiocarbonyl (C=S) groups is 1. The molecule has 0 aromatic heterocycles. The van der Waals surface area contributed by atoms with Gasteiger partial charge in [-0.1, -0.05) is 36.4 Å². The Bertz CT molecular complexity index is 625. The fourth-order valence-corrected chi connectivity index (χ4v) is 3.52. The second-order valence-corrected chi connectivity index (χ2v) is 5.88. The Kier molecular flexibility index (Phi) is 3.44. The highest BCUT2D eigenvalue weighted by atomic mass is 32.2. The normalized spacial score (nSPS) is 14.0. The van der Waals surface area contributed by atoms with E-state index in [1.54, 1.807) is 0 Å². The van der Waals surface area contributed by atoms with Gasteiger partial charge in [0.15, 0.2) is 5.11 Å². The van der Waals surface area contributed by atoms with Crippen LogP contribution in [0.15, 0.2) is 53.4 Å². The number of para-hydroxylation sites is 1. The Labute approximate surface area is 122 Å². The summed E-state index contributed by atoms with van der Waals surface area (Å²) >= 11 is 7.05. The van der Waals surface area contributed by atoms with Gasteiger partial charge in [0.1, 0.15) is 0 Å². The maximum atomic E-state index is 5.91. The van der Waals surface area contributed by atoms with Gasteiger partial charge >= 0.3 is 0 Å². The molecule has 2 aromatic rings. The van der Waals surface area contributed by atoms with Gasteiger partial charge in [-0.3, -0.25) is 0 Å². The predicted molar refractivity (Wildman–Crippen MR) is 85.4 cm³/mol. The molecule has 1 aliphatic heterocycles. The molecule has 3 rings (SSSR count). The number of thioether (sulfide) groups is 1. The monoisotopic (exact) mass is 286 g/mol. The van der Waals surface area contributed by atoms with Crippen LogP contribution in [-0.4, -0.2) is 5.11 Å². The van der Waals surface area contributed by atoms with Gasteiger partial charge in [-0.25, -0.2) is 0 Å². The first kappa shape index (κ1) is 12.5. The molecule has 2 nitrogen and oxygen atoms in total. The molecule has 19 heavy (non-hydrogen) atoms. The quantitative estimate of drug-likeness (QED) is 0.750. The third-order valence-electron chi connectivity index (χ3n) is 3.25. The van der Waals surface area contributed by atoms with E-state index in [9.17, 15) is 0 Å². The predicted octanol–water partition coefficient (Wildman–Crippen LogP) is 3.54. The zero-order chi connectivity index (χ0) is 13.2. The molecule has 96 valence electrons. The highest BCUT2D eigenvalue weighted by Crippen LogP contribution is 2.36. The minimum Gasteiger partial charge on any atom is -0.376 e. The number of hydrogen-bond donors (Lipinski definition) is 1. The van der Waals surface area contributed by atoms with Crippen LogP contribution in [0.25, 0.3) is 0 Å². The number of fused-ring (bicyclic) bond motifs is 2. The number of nitrogens with two attached hydrogens (primary N) is 1. The SMILES string of the molecule is NC(=S)N1Cc2ccccc2CSc2ccccc21. The Balaban J connectivity index is 2.09. The van der Waals surface area contributed by atoms with Crippen LogP contribution in [-0.2, 0) is 12.3 Å². The van der Waals surface area contributed by atoms with Gasteiger partial charge < -0.3 is 10.6 Å². The molecule has 0 saturated heterocycles. The van der Waals surface area contributed by atoms with E-state index >= 15 is 0 Å². The molecule has 0 spiro atoms. The standard InChI is InChI=1S/C15H14N2S2/c16-15(18)17-9-11-5-1-2-6-12(11)10-19-14-8-4-3-7-13(14)17/h1-8H,9-10H2,(H2,16,18). The molecule has 0 aliphatic carbocycles. The Morgan fingerprint density at radius 3 is 2.53 bits per heavy atom. The van der Waals surface area contributed by atoms with Gasteiger partial charge in [0.05, 0.1) is 12.2 Å². The molecule has 0 bridgehead atoms. The van der Waals surface area contributed by atoms with Crippen LogP contribution >= 0.6 is 24.0 Å². The van der Waals surface area contributed by atoms with Gasteiger partial charge in [0, 0.05) is 10.6 Å². The van der Waals surface area contributed by atoms with Crippen molar-refractivity contribution in [1.29, 1.82) is 0 Å². The highest BCUT2D eigenvalue weighted by Gasteiger charge is 2.18. The highest BCUT2D eigenvalue weighted by molar-refractivity contribution is 7.98. The van der Waals surface area contributed by atoms with Crippen LogP contribution < -0.4 is 10.6 Å². The molecular formula is C15H14N2S2. The van der Waals surface area contributed by atoms with Gasteiger partial charge in [-0.15, -0.1) is 11.8 Å². The summed E-state index contributed by atoms with van der Waals surface area (Å²) in [6.07, 6.45) is 0. The van der Waals surface area contributed by atoms with Crippen LogP contribution in [0.2, 0.25) is 0 Å². The van der Waals surface area contributed by atoms with Crippen LogP contribution in [0.5, 0.6) is 0 Å². The fourth-order valence-electron chi connectivity index (χ4n) is 2.26. The van der Waals surface area contributed by atoms with E-state index in [4.69, 9.17) is 18.0 Å². The number of nitrogens with zero attached hydrogens (tertiary/aromatic N) is 1. The molecule has 2 N–H and O–H groups in total. The van der Waals surface area contributed by atoms with Crippen molar-refractivity contribution in [2.45, 2.75) is 17.2 Å². The van der Waals surface area contributed by atoms with Gasteiger partial charge in [0.25, 0.3) is 0 Å². The zero-order valence-electron chi connectivity index (χ0n) is 10.4. The van der Waals surface area contributed by atoms with E-state index in [1.165, 1.54) is 16.0 Å². The molecular weight excluding hydrogens is 272 g/mol. The topological polar surface area (TPSA) is 29.3 Å². The van der Waals surface area contributed by atoms with Crippen molar-refractivity contribution in [3.63, 3.8) is 0 Å². The van der Waals surface area contributed by atoms with Crippen molar-refractivity contribution in [3.05, 3.63) is 59.7 Å². The molecule has 1 heterocycles. The molecule has 2 aromatic carbocycles. The van der Waals surface area contributed by atoms with E-state index in [-0.39, 0.29) is 0 Å². The lowest BCUT2D eigenvalue weighted by Gasteiger charge is -2.28. The summed E-state index contributed by atoms with van der Waals surface area (Å²) in [5, 5.41) is 0.421. The molecule has 4 heteroatoms. The average Bonchev–Trinajstić information content (AvgIpc) is 2.41. The lowest BCUT2D eigenvalue weighted by molar-refractivity contribution is 0.970. The van der Waals surface area contributed by atoms with Crippen molar-refractivity contribution in [3.8, 4) is 0 Å². The van der Waals surface area contributed by atoms with E-state index in [0.717, 1.165) is 18.0 Å². The number of hydrogen-bond acceptors (Lipinski definition) is 2. The fraction of sp³-hybridized carbons (Fsp3) is 0.133. The van der Waals surface area contributed by atoms with E-state index in [1.807, 2.05) is 22.7 Å². The summed E-state index contributed by atoms with van der Waals surface area (Å²) in [6, 6.07) is 16.7. The van der Waals surface area contributed by atoms with Crippen molar-refractivity contribution >= 4 is 34.8 Å². The average molecular weight is 286 g/mol. The van der Waals surface area contributed by atoms with Gasteiger partial charge in [-0.2, -0.15) is 0 Å². The minimum atomic E-state index is 0.421. The largest absolute Gasteiger partial charge is 0.376 e. The van der Waals surface area contributed by atoms with Crippen molar-refractivity contribution in [1.82, 2.24) is 0 Å². The number of anilines is 1. The van der Waals surface area contributed by atoms with Crippen LogP contribution in [0, 0.1) is 0 Å². The van der Waals surface area contributed by atoms with Crippen LogP contribution in [0.1, 0.15) is 11.1 Å². The minimum absolute atomic E-state index is 0.421. The van der Waals surface area contributed by atoms with Crippen LogP contribution in [0.3, 0.4) is 0 Å². The molecule has 0 amide bonds. The summed E-state index contributed by atoms with van der Waals surface area (Å²) in [5.74, 6) is 0.984. The molecule has 0 unspecified atom stereocenters. The van der Waals surface area contributed by atoms with E-state index in [0.29, 0.717) is 5.11 Å². The first-order valence-corrected chi connectivity index (χ1v) is 7.50. The summed E-state index contributed by atoms with van der Waals surface area (Å²) in [5.41, 5.74) is 9.65. The van der Waals surface area contributed by atoms with Crippen molar-refractivity contribution < 1.29 is 0 Å². The number of rotatable bonds is 0. The maximum Gasteiger partial charge on any atom is 0.171 e. The molecule has 0 radical (unpaired) electrons. The van der Waals surface area contributed by atoms with Gasteiger partial charge in [0.2, 0.25) is 0 Å². The molecule has 0 atom stereocenters. The maximum absolute atomic E-state index is 5.91. The Morgan fingerprint density at radius 2 is 1.74 bits per heavy atom. The second-order valence-electron chi connectivity index (χ2n) is 4.45. The lowest BCUT2D eigenvalue weighted by Crippen LogP contribution is -2.36. The Morgan fingerprint density at radius 1 is 1.05 bits per heavy atom. The van der Waals surface area contributed by atoms with Crippen LogP contribution in [0.4, 0.5) is 5.69 Å².